The van der Waals surface area contributed by atoms with E-state index in [2.05, 4.69) is 10.5 Å². The minimum Gasteiger partial charge on any atom is -0.497 e. The molecular formula is C23H19N3O3S. The van der Waals surface area contributed by atoms with Crippen molar-refractivity contribution >= 4 is 34.4 Å². The SMILES string of the molecule is COc1ccc(-c2cc(C(=O)NN=Cc3ccsc3)c3ccccc3n2)c(OC)c1. The molecule has 1 amide bonds. The molecule has 150 valence electrons. The third-order valence-electron chi connectivity index (χ3n) is 4.57. The van der Waals surface area contributed by atoms with E-state index in [0.717, 1.165) is 16.5 Å². The summed E-state index contributed by atoms with van der Waals surface area (Å²) >= 11 is 1.57. The lowest BCUT2D eigenvalue weighted by Gasteiger charge is -2.12. The molecule has 0 radical (unpaired) electrons. The average Bonchev–Trinajstić information content (AvgIpc) is 3.31. The third kappa shape index (κ3) is 4.01. The van der Waals surface area contributed by atoms with Crippen LogP contribution in [0.2, 0.25) is 0 Å². The molecule has 4 aromatic rings. The topological polar surface area (TPSA) is 72.8 Å². The number of rotatable bonds is 6. The van der Waals surface area contributed by atoms with Gasteiger partial charge in [-0.25, -0.2) is 10.4 Å². The first-order valence-corrected chi connectivity index (χ1v) is 10.1. The quantitative estimate of drug-likeness (QED) is 0.363. The van der Waals surface area contributed by atoms with E-state index in [1.165, 1.54) is 0 Å². The summed E-state index contributed by atoms with van der Waals surface area (Å²) in [5.74, 6) is 0.977. The van der Waals surface area contributed by atoms with Gasteiger partial charge in [-0.15, -0.1) is 0 Å². The molecule has 0 fully saturated rings. The van der Waals surface area contributed by atoms with Gasteiger partial charge in [0, 0.05) is 22.6 Å². The Morgan fingerprint density at radius 3 is 2.73 bits per heavy atom. The fourth-order valence-corrected chi connectivity index (χ4v) is 3.70. The van der Waals surface area contributed by atoms with Gasteiger partial charge in [-0.2, -0.15) is 16.4 Å². The number of pyridine rings is 1. The Morgan fingerprint density at radius 2 is 1.97 bits per heavy atom. The van der Waals surface area contributed by atoms with Crippen LogP contribution in [0.25, 0.3) is 22.2 Å². The smallest absolute Gasteiger partial charge is 0.272 e. The highest BCUT2D eigenvalue weighted by atomic mass is 32.1. The molecule has 2 aromatic carbocycles. The van der Waals surface area contributed by atoms with Crippen molar-refractivity contribution < 1.29 is 14.3 Å². The molecule has 30 heavy (non-hydrogen) atoms. The normalized spacial score (nSPS) is 11.0. The second kappa shape index (κ2) is 8.75. The summed E-state index contributed by atoms with van der Waals surface area (Å²) in [5.41, 5.74) is 6.12. The zero-order valence-electron chi connectivity index (χ0n) is 16.5. The van der Waals surface area contributed by atoms with E-state index in [4.69, 9.17) is 14.5 Å². The van der Waals surface area contributed by atoms with Crippen LogP contribution in [0.1, 0.15) is 15.9 Å². The van der Waals surface area contributed by atoms with Crippen LogP contribution in [0.3, 0.4) is 0 Å². The summed E-state index contributed by atoms with van der Waals surface area (Å²) in [6.07, 6.45) is 1.62. The number of hydrogen-bond acceptors (Lipinski definition) is 6. The average molecular weight is 417 g/mol. The van der Waals surface area contributed by atoms with E-state index < -0.39 is 0 Å². The number of hydrazone groups is 1. The zero-order valence-corrected chi connectivity index (χ0v) is 17.3. The lowest BCUT2D eigenvalue weighted by molar-refractivity contribution is 0.0956. The summed E-state index contributed by atoms with van der Waals surface area (Å²) in [4.78, 5) is 17.7. The van der Waals surface area contributed by atoms with Crippen molar-refractivity contribution in [2.75, 3.05) is 14.2 Å². The van der Waals surface area contributed by atoms with Gasteiger partial charge in [-0.05, 0) is 41.1 Å². The summed E-state index contributed by atoms with van der Waals surface area (Å²) in [6.45, 7) is 0. The lowest BCUT2D eigenvalue weighted by Crippen LogP contribution is -2.18. The van der Waals surface area contributed by atoms with Crippen LogP contribution in [0.15, 0.2) is 70.5 Å². The zero-order chi connectivity index (χ0) is 20.9. The van der Waals surface area contributed by atoms with Gasteiger partial charge >= 0.3 is 0 Å². The molecule has 2 heterocycles. The van der Waals surface area contributed by atoms with Crippen molar-refractivity contribution in [2.45, 2.75) is 0 Å². The number of benzene rings is 2. The molecule has 1 N–H and O–H groups in total. The van der Waals surface area contributed by atoms with Crippen LogP contribution in [-0.4, -0.2) is 31.3 Å². The van der Waals surface area contributed by atoms with Crippen LogP contribution in [0.4, 0.5) is 0 Å². The summed E-state index contributed by atoms with van der Waals surface area (Å²) in [7, 11) is 3.19. The Bertz CT molecular complexity index is 1220. The molecule has 4 rings (SSSR count). The number of fused-ring (bicyclic) bond motifs is 1. The van der Waals surface area contributed by atoms with E-state index in [1.54, 1.807) is 43.9 Å². The molecule has 6 nitrogen and oxygen atoms in total. The van der Waals surface area contributed by atoms with Gasteiger partial charge in [0.2, 0.25) is 0 Å². The van der Waals surface area contributed by atoms with Crippen LogP contribution in [-0.2, 0) is 0 Å². The van der Waals surface area contributed by atoms with Gasteiger partial charge in [0.05, 0.1) is 37.2 Å². The summed E-state index contributed by atoms with van der Waals surface area (Å²) in [5, 5.41) is 8.73. The number of carbonyl (C=O) groups excluding carboxylic acids is 1. The van der Waals surface area contributed by atoms with Gasteiger partial charge in [0.15, 0.2) is 0 Å². The van der Waals surface area contributed by atoms with Crippen LogP contribution in [0.5, 0.6) is 11.5 Å². The maximum atomic E-state index is 12.9. The van der Waals surface area contributed by atoms with Crippen molar-refractivity contribution in [1.29, 1.82) is 0 Å². The van der Waals surface area contributed by atoms with E-state index in [-0.39, 0.29) is 5.91 Å². The molecule has 2 aromatic heterocycles. The Kier molecular flexibility index (Phi) is 5.72. The maximum Gasteiger partial charge on any atom is 0.272 e. The Labute approximate surface area is 177 Å². The highest BCUT2D eigenvalue weighted by Gasteiger charge is 2.16. The number of methoxy groups -OCH3 is 2. The summed E-state index contributed by atoms with van der Waals surface area (Å²) < 4.78 is 10.8. The highest BCUT2D eigenvalue weighted by Crippen LogP contribution is 2.34. The molecule has 0 saturated carbocycles. The van der Waals surface area contributed by atoms with Crippen molar-refractivity contribution in [3.05, 3.63) is 76.5 Å². The van der Waals surface area contributed by atoms with E-state index >= 15 is 0 Å². The van der Waals surface area contributed by atoms with Gasteiger partial charge in [-0.3, -0.25) is 4.79 Å². The molecule has 7 heteroatoms. The minimum atomic E-state index is -0.311. The molecule has 0 aliphatic heterocycles. The Balaban J connectivity index is 1.75. The maximum absolute atomic E-state index is 12.9. The van der Waals surface area contributed by atoms with E-state index in [9.17, 15) is 4.79 Å². The monoisotopic (exact) mass is 417 g/mol. The number of amides is 1. The third-order valence-corrected chi connectivity index (χ3v) is 5.27. The van der Waals surface area contributed by atoms with E-state index in [0.29, 0.717) is 28.3 Å². The first-order valence-electron chi connectivity index (χ1n) is 9.17. The first kappa shape index (κ1) is 19.6. The molecule has 0 spiro atoms. The van der Waals surface area contributed by atoms with Crippen LogP contribution >= 0.6 is 11.3 Å². The molecule has 0 saturated heterocycles. The lowest BCUT2D eigenvalue weighted by atomic mass is 10.0. The van der Waals surface area contributed by atoms with Crippen molar-refractivity contribution in [3.63, 3.8) is 0 Å². The van der Waals surface area contributed by atoms with Crippen molar-refractivity contribution in [2.24, 2.45) is 5.10 Å². The second-order valence-electron chi connectivity index (χ2n) is 6.39. The standard InChI is InChI=1S/C23H19N3O3S/c1-28-16-7-8-18(22(11-16)29-2)21-12-19(17-5-3-4-6-20(17)25-21)23(27)26-24-13-15-9-10-30-14-15/h3-14H,1-2H3,(H,26,27). The predicted octanol–water partition coefficient (Wildman–Crippen LogP) is 4.74. The Morgan fingerprint density at radius 1 is 1.10 bits per heavy atom. The number of aromatic nitrogens is 1. The summed E-state index contributed by atoms with van der Waals surface area (Å²) in [6, 6.07) is 16.7. The van der Waals surface area contributed by atoms with Crippen molar-refractivity contribution in [1.82, 2.24) is 10.4 Å². The van der Waals surface area contributed by atoms with E-state index in [1.807, 2.05) is 53.2 Å². The number of para-hydroxylation sites is 1. The molecule has 0 aliphatic carbocycles. The van der Waals surface area contributed by atoms with Crippen molar-refractivity contribution in [3.8, 4) is 22.8 Å². The Hall–Kier alpha value is -3.71. The number of ether oxygens (including phenoxy) is 2. The molecule has 0 unspecified atom stereocenters. The van der Waals surface area contributed by atoms with Crippen LogP contribution < -0.4 is 14.9 Å². The van der Waals surface area contributed by atoms with Gasteiger partial charge < -0.3 is 9.47 Å². The van der Waals surface area contributed by atoms with Gasteiger partial charge in [0.25, 0.3) is 5.91 Å². The number of hydrogen-bond donors (Lipinski definition) is 1. The van der Waals surface area contributed by atoms with Gasteiger partial charge in [0.1, 0.15) is 11.5 Å². The first-order chi connectivity index (χ1) is 14.7. The van der Waals surface area contributed by atoms with Gasteiger partial charge in [-0.1, -0.05) is 18.2 Å². The second-order valence-corrected chi connectivity index (χ2v) is 7.17. The number of carbonyl (C=O) groups is 1. The fraction of sp³-hybridized carbons (Fsp3) is 0.0870. The fourth-order valence-electron chi connectivity index (χ4n) is 3.09. The predicted molar refractivity (Wildman–Crippen MR) is 120 cm³/mol. The molecular weight excluding hydrogens is 398 g/mol. The molecule has 0 aliphatic rings. The number of thiophene rings is 1. The number of nitrogens with zero attached hydrogens (tertiary/aromatic N) is 2. The largest absolute Gasteiger partial charge is 0.497 e. The minimum absolute atomic E-state index is 0.311. The highest BCUT2D eigenvalue weighted by molar-refractivity contribution is 7.08. The molecule has 0 bridgehead atoms. The number of nitrogens with one attached hydrogen (secondary N) is 1. The van der Waals surface area contributed by atoms with Crippen LogP contribution in [0, 0.1) is 0 Å². The molecule has 0 atom stereocenters.